The number of amides is 1. The molecule has 0 aliphatic carbocycles. The van der Waals surface area contributed by atoms with Crippen LogP contribution in [0.4, 0.5) is 11.4 Å². The van der Waals surface area contributed by atoms with Crippen molar-refractivity contribution in [3.05, 3.63) is 58.1 Å². The molecule has 1 amide bonds. The van der Waals surface area contributed by atoms with Gasteiger partial charge in [-0.3, -0.25) is 4.79 Å². The Kier molecular flexibility index (Phi) is 5.04. The zero-order valence-corrected chi connectivity index (χ0v) is 12.4. The Bertz CT molecular complexity index is 693. The highest BCUT2D eigenvalue weighted by molar-refractivity contribution is 6.31. The van der Waals surface area contributed by atoms with E-state index < -0.39 is 0 Å². The number of rotatable bonds is 4. The maximum atomic E-state index is 11.8. The Labute approximate surface area is 132 Å². The molecule has 0 aliphatic rings. The van der Waals surface area contributed by atoms with E-state index in [9.17, 15) is 4.79 Å². The van der Waals surface area contributed by atoms with Crippen molar-refractivity contribution in [3.8, 4) is 6.07 Å². The van der Waals surface area contributed by atoms with Gasteiger partial charge < -0.3 is 10.6 Å². The van der Waals surface area contributed by atoms with Gasteiger partial charge in [0.05, 0.1) is 17.8 Å². The summed E-state index contributed by atoms with van der Waals surface area (Å²) < 4.78 is 0. The first kappa shape index (κ1) is 15.2. The number of carbonyl (C=O) groups is 1. The minimum Gasteiger partial charge on any atom is -0.375 e. The summed E-state index contributed by atoms with van der Waals surface area (Å²) in [5.41, 5.74) is 1.60. The zero-order chi connectivity index (χ0) is 15.2. The molecule has 0 atom stereocenters. The van der Waals surface area contributed by atoms with Crippen LogP contribution < -0.4 is 10.6 Å². The fraction of sp³-hybridized carbons (Fsp3) is 0.0667. The van der Waals surface area contributed by atoms with Gasteiger partial charge in [-0.15, -0.1) is 0 Å². The SMILES string of the molecule is N#Cc1ccc(Cl)cc1NCC(=O)Nc1ccc(Cl)cc1. The van der Waals surface area contributed by atoms with Gasteiger partial charge in [0, 0.05) is 15.7 Å². The maximum absolute atomic E-state index is 11.8. The van der Waals surface area contributed by atoms with Gasteiger partial charge in [0.1, 0.15) is 6.07 Å². The number of nitriles is 1. The summed E-state index contributed by atoms with van der Waals surface area (Å²) in [6.07, 6.45) is 0. The second-order valence-corrected chi connectivity index (χ2v) is 5.08. The van der Waals surface area contributed by atoms with E-state index in [0.717, 1.165) is 0 Å². The summed E-state index contributed by atoms with van der Waals surface area (Å²) in [5.74, 6) is -0.235. The monoisotopic (exact) mass is 319 g/mol. The quantitative estimate of drug-likeness (QED) is 0.897. The summed E-state index contributed by atoms with van der Waals surface area (Å²) in [5, 5.41) is 15.7. The third kappa shape index (κ3) is 4.38. The second kappa shape index (κ2) is 6.98. The van der Waals surface area contributed by atoms with Gasteiger partial charge >= 0.3 is 0 Å². The van der Waals surface area contributed by atoms with Gasteiger partial charge in [0.15, 0.2) is 0 Å². The van der Waals surface area contributed by atoms with Crippen LogP contribution >= 0.6 is 23.2 Å². The lowest BCUT2D eigenvalue weighted by Crippen LogP contribution is -2.22. The molecule has 0 fully saturated rings. The van der Waals surface area contributed by atoms with Crippen LogP contribution in [0.25, 0.3) is 0 Å². The maximum Gasteiger partial charge on any atom is 0.243 e. The van der Waals surface area contributed by atoms with Gasteiger partial charge in [-0.2, -0.15) is 5.26 Å². The number of nitrogens with zero attached hydrogens (tertiary/aromatic N) is 1. The number of halogens is 2. The van der Waals surface area contributed by atoms with Crippen LogP contribution in [0.15, 0.2) is 42.5 Å². The Morgan fingerprint density at radius 1 is 1.10 bits per heavy atom. The Balaban J connectivity index is 1.97. The van der Waals surface area contributed by atoms with Crippen LogP contribution in [0, 0.1) is 11.3 Å². The molecule has 0 radical (unpaired) electrons. The van der Waals surface area contributed by atoms with E-state index in [4.69, 9.17) is 28.5 Å². The van der Waals surface area contributed by atoms with Crippen LogP contribution in [-0.4, -0.2) is 12.5 Å². The first-order chi connectivity index (χ1) is 10.1. The van der Waals surface area contributed by atoms with Gasteiger partial charge in [0.2, 0.25) is 5.91 Å². The second-order valence-electron chi connectivity index (χ2n) is 4.21. The number of anilines is 2. The summed E-state index contributed by atoms with van der Waals surface area (Å²) in [6, 6.07) is 13.7. The predicted molar refractivity (Wildman–Crippen MR) is 84.7 cm³/mol. The molecule has 0 aromatic heterocycles. The van der Waals surface area contributed by atoms with Gasteiger partial charge in [-0.25, -0.2) is 0 Å². The molecule has 2 aromatic rings. The van der Waals surface area contributed by atoms with Gasteiger partial charge in [0.25, 0.3) is 0 Å². The lowest BCUT2D eigenvalue weighted by Gasteiger charge is -2.09. The highest BCUT2D eigenvalue weighted by Crippen LogP contribution is 2.20. The third-order valence-corrected chi connectivity index (χ3v) is 3.16. The molecule has 0 aliphatic heterocycles. The molecule has 0 unspecified atom stereocenters. The normalized spacial score (nSPS) is 9.76. The first-order valence-corrected chi connectivity index (χ1v) is 6.83. The van der Waals surface area contributed by atoms with E-state index in [1.807, 2.05) is 6.07 Å². The van der Waals surface area contributed by atoms with Crippen molar-refractivity contribution in [2.75, 3.05) is 17.2 Å². The van der Waals surface area contributed by atoms with Crippen molar-refractivity contribution < 1.29 is 4.79 Å². The van der Waals surface area contributed by atoms with Crippen molar-refractivity contribution >= 4 is 40.5 Å². The van der Waals surface area contributed by atoms with Crippen molar-refractivity contribution in [2.24, 2.45) is 0 Å². The van der Waals surface area contributed by atoms with Gasteiger partial charge in [-0.1, -0.05) is 23.2 Å². The molecule has 21 heavy (non-hydrogen) atoms. The van der Waals surface area contributed by atoms with Crippen LogP contribution in [0.2, 0.25) is 10.0 Å². The molecule has 0 bridgehead atoms. The molecule has 0 heterocycles. The summed E-state index contributed by atoms with van der Waals surface area (Å²) >= 11 is 11.6. The lowest BCUT2D eigenvalue weighted by molar-refractivity contribution is -0.114. The van der Waals surface area contributed by atoms with Crippen molar-refractivity contribution in [3.63, 3.8) is 0 Å². The van der Waals surface area contributed by atoms with E-state index >= 15 is 0 Å². The summed E-state index contributed by atoms with van der Waals surface area (Å²) in [7, 11) is 0. The van der Waals surface area contributed by atoms with Crippen LogP contribution in [0.1, 0.15) is 5.56 Å². The van der Waals surface area contributed by atoms with E-state index in [-0.39, 0.29) is 12.5 Å². The minimum absolute atomic E-state index is 0.0254. The molecule has 0 saturated carbocycles. The number of carbonyl (C=O) groups excluding carboxylic acids is 1. The number of benzene rings is 2. The van der Waals surface area contributed by atoms with Gasteiger partial charge in [-0.05, 0) is 42.5 Å². The molecule has 2 N–H and O–H groups in total. The zero-order valence-electron chi connectivity index (χ0n) is 10.9. The smallest absolute Gasteiger partial charge is 0.243 e. The molecule has 0 spiro atoms. The van der Waals surface area contributed by atoms with Crippen molar-refractivity contribution in [2.45, 2.75) is 0 Å². The molecule has 2 aromatic carbocycles. The fourth-order valence-electron chi connectivity index (χ4n) is 1.67. The average molecular weight is 320 g/mol. The van der Waals surface area contributed by atoms with E-state index in [2.05, 4.69) is 10.6 Å². The largest absolute Gasteiger partial charge is 0.375 e. The number of nitrogens with one attached hydrogen (secondary N) is 2. The molecular formula is C15H11Cl2N3O. The fourth-order valence-corrected chi connectivity index (χ4v) is 1.97. The highest BCUT2D eigenvalue weighted by atomic mass is 35.5. The molecule has 106 valence electrons. The highest BCUT2D eigenvalue weighted by Gasteiger charge is 2.06. The Morgan fingerprint density at radius 2 is 1.76 bits per heavy atom. The van der Waals surface area contributed by atoms with Crippen molar-refractivity contribution in [1.29, 1.82) is 5.26 Å². The predicted octanol–water partition coefficient (Wildman–Crippen LogP) is 3.92. The molecular weight excluding hydrogens is 309 g/mol. The van der Waals surface area contributed by atoms with Crippen LogP contribution in [0.5, 0.6) is 0 Å². The molecule has 0 saturated heterocycles. The van der Waals surface area contributed by atoms with E-state index in [1.165, 1.54) is 0 Å². The van der Waals surface area contributed by atoms with Crippen LogP contribution in [0.3, 0.4) is 0 Å². The minimum atomic E-state index is -0.235. The first-order valence-electron chi connectivity index (χ1n) is 6.07. The third-order valence-electron chi connectivity index (χ3n) is 2.67. The summed E-state index contributed by atoms with van der Waals surface area (Å²) in [4.78, 5) is 11.8. The van der Waals surface area contributed by atoms with E-state index in [1.54, 1.807) is 42.5 Å². The summed E-state index contributed by atoms with van der Waals surface area (Å²) in [6.45, 7) is 0.0254. The standard InChI is InChI=1S/C15H11Cl2N3O/c16-11-3-5-13(6-4-11)20-15(21)9-19-14-7-12(17)2-1-10(14)8-18/h1-7,19H,9H2,(H,20,21). The molecule has 2 rings (SSSR count). The van der Waals surface area contributed by atoms with E-state index in [0.29, 0.717) is 27.0 Å². The Hall–Kier alpha value is -2.22. The van der Waals surface area contributed by atoms with Crippen LogP contribution in [-0.2, 0) is 4.79 Å². The Morgan fingerprint density at radius 3 is 2.43 bits per heavy atom. The number of hydrogen-bond acceptors (Lipinski definition) is 3. The van der Waals surface area contributed by atoms with Crippen molar-refractivity contribution in [1.82, 2.24) is 0 Å². The molecule has 6 heteroatoms. The molecule has 4 nitrogen and oxygen atoms in total. The average Bonchev–Trinajstić information content (AvgIpc) is 2.48. The lowest BCUT2D eigenvalue weighted by atomic mass is 10.2. The number of hydrogen-bond donors (Lipinski definition) is 2. The topological polar surface area (TPSA) is 64.9 Å².